The molecule has 0 aromatic heterocycles. The largest absolute Gasteiger partial charge is 0.353 e. The highest BCUT2D eigenvalue weighted by Gasteiger charge is 2.17. The molecule has 1 aliphatic carbocycles. The van der Waals surface area contributed by atoms with Gasteiger partial charge in [0.2, 0.25) is 15.9 Å². The van der Waals surface area contributed by atoms with E-state index in [9.17, 15) is 13.2 Å². The van der Waals surface area contributed by atoms with E-state index >= 15 is 0 Å². The first-order valence-corrected chi connectivity index (χ1v) is 10.9. The first-order valence-electron chi connectivity index (χ1n) is 9.45. The molecule has 2 aromatic carbocycles. The molecule has 5 nitrogen and oxygen atoms in total. The average Bonchev–Trinajstić information content (AvgIpc) is 3.19. The van der Waals surface area contributed by atoms with Crippen LogP contribution < -0.4 is 10.0 Å². The minimum absolute atomic E-state index is 0.0723. The van der Waals surface area contributed by atoms with Crippen molar-refractivity contribution in [2.24, 2.45) is 0 Å². The summed E-state index contributed by atoms with van der Waals surface area (Å²) in [6.45, 7) is 0.256. The topological polar surface area (TPSA) is 75.3 Å². The number of nitrogens with one attached hydrogen (secondary N) is 2. The van der Waals surface area contributed by atoms with Crippen LogP contribution in [0.5, 0.6) is 0 Å². The normalized spacial score (nSPS) is 15.0. The van der Waals surface area contributed by atoms with E-state index in [2.05, 4.69) is 10.0 Å². The molecule has 6 heteroatoms. The van der Waals surface area contributed by atoms with Gasteiger partial charge in [0, 0.05) is 19.0 Å². The van der Waals surface area contributed by atoms with E-state index in [0.717, 1.165) is 24.0 Å². The van der Waals surface area contributed by atoms with Gasteiger partial charge in [-0.2, -0.15) is 0 Å². The number of hydrogen-bond acceptors (Lipinski definition) is 3. The summed E-state index contributed by atoms with van der Waals surface area (Å²) in [4.78, 5) is 12.2. The molecule has 1 amide bonds. The third-order valence-electron chi connectivity index (χ3n) is 4.90. The number of aryl methyl sites for hydroxylation is 1. The molecule has 1 aliphatic rings. The van der Waals surface area contributed by atoms with Crippen molar-refractivity contribution in [3.63, 3.8) is 0 Å². The van der Waals surface area contributed by atoms with E-state index in [0.29, 0.717) is 18.9 Å². The Hall–Kier alpha value is -2.18. The molecule has 0 aliphatic heterocycles. The van der Waals surface area contributed by atoms with E-state index in [4.69, 9.17) is 0 Å². The molecule has 27 heavy (non-hydrogen) atoms. The van der Waals surface area contributed by atoms with Crippen LogP contribution in [-0.2, 0) is 27.8 Å². The third kappa shape index (κ3) is 5.91. The summed E-state index contributed by atoms with van der Waals surface area (Å²) in [5.41, 5.74) is 1.87. The van der Waals surface area contributed by atoms with E-state index in [-0.39, 0.29) is 17.3 Å². The van der Waals surface area contributed by atoms with Crippen molar-refractivity contribution in [3.05, 3.63) is 65.7 Å². The molecule has 2 aromatic rings. The lowest BCUT2D eigenvalue weighted by molar-refractivity contribution is -0.121. The van der Waals surface area contributed by atoms with Crippen LogP contribution in [0.15, 0.2) is 59.5 Å². The summed E-state index contributed by atoms with van der Waals surface area (Å²) in [5, 5.41) is 3.07. The minimum Gasteiger partial charge on any atom is -0.353 e. The fourth-order valence-electron chi connectivity index (χ4n) is 3.32. The molecule has 0 spiro atoms. The summed E-state index contributed by atoms with van der Waals surface area (Å²) < 4.78 is 27.4. The predicted octanol–water partition coefficient (Wildman–Crippen LogP) is 3.16. The van der Waals surface area contributed by atoms with Crippen molar-refractivity contribution in [1.82, 2.24) is 10.0 Å². The quantitative estimate of drug-likeness (QED) is 0.732. The Bertz CT molecular complexity index is 843. The Labute approximate surface area is 161 Å². The second kappa shape index (κ2) is 9.15. The predicted molar refractivity (Wildman–Crippen MR) is 106 cm³/mol. The Kier molecular flexibility index (Phi) is 6.63. The Morgan fingerprint density at radius 2 is 1.59 bits per heavy atom. The van der Waals surface area contributed by atoms with Crippen LogP contribution in [0, 0.1) is 0 Å². The van der Waals surface area contributed by atoms with Gasteiger partial charge >= 0.3 is 0 Å². The van der Waals surface area contributed by atoms with Crippen LogP contribution >= 0.6 is 0 Å². The summed E-state index contributed by atoms with van der Waals surface area (Å²) in [7, 11) is -3.55. The number of carbonyl (C=O) groups excluding carboxylic acids is 1. The van der Waals surface area contributed by atoms with E-state index in [1.165, 1.54) is 12.8 Å². The second-order valence-corrected chi connectivity index (χ2v) is 8.77. The summed E-state index contributed by atoms with van der Waals surface area (Å²) in [6.07, 6.45) is 5.58. The molecule has 3 rings (SSSR count). The van der Waals surface area contributed by atoms with Crippen molar-refractivity contribution in [3.8, 4) is 0 Å². The molecule has 0 bridgehead atoms. The fourth-order valence-corrected chi connectivity index (χ4v) is 4.34. The summed E-state index contributed by atoms with van der Waals surface area (Å²) in [6, 6.07) is 16.5. The van der Waals surface area contributed by atoms with Crippen molar-refractivity contribution in [2.45, 2.75) is 56.0 Å². The highest BCUT2D eigenvalue weighted by molar-refractivity contribution is 7.89. The van der Waals surface area contributed by atoms with Crippen LogP contribution in [0.25, 0.3) is 0 Å². The van der Waals surface area contributed by atoms with Gasteiger partial charge in [-0.25, -0.2) is 13.1 Å². The Morgan fingerprint density at radius 1 is 0.926 bits per heavy atom. The molecule has 1 saturated carbocycles. The zero-order chi connectivity index (χ0) is 19.1. The zero-order valence-corrected chi connectivity index (χ0v) is 16.2. The summed E-state index contributed by atoms with van der Waals surface area (Å²) in [5.74, 6) is 0.0723. The van der Waals surface area contributed by atoms with Gasteiger partial charge in [0.1, 0.15) is 0 Å². The SMILES string of the molecule is O=C(CCc1ccc(S(=O)(=O)NCc2ccccc2)cc1)NC1CCCC1. The van der Waals surface area contributed by atoms with Crippen molar-refractivity contribution >= 4 is 15.9 Å². The van der Waals surface area contributed by atoms with Crippen LogP contribution in [-0.4, -0.2) is 20.4 Å². The van der Waals surface area contributed by atoms with Gasteiger partial charge in [0.25, 0.3) is 0 Å². The van der Waals surface area contributed by atoms with Crippen LogP contribution in [0.2, 0.25) is 0 Å². The molecule has 144 valence electrons. The molecule has 0 unspecified atom stereocenters. The number of hydrogen-bond donors (Lipinski definition) is 2. The fraction of sp³-hybridized carbons (Fsp3) is 0.381. The molecule has 0 radical (unpaired) electrons. The highest BCUT2D eigenvalue weighted by atomic mass is 32.2. The zero-order valence-electron chi connectivity index (χ0n) is 15.4. The Morgan fingerprint density at radius 3 is 2.26 bits per heavy atom. The molecule has 2 N–H and O–H groups in total. The first-order chi connectivity index (χ1) is 13.0. The lowest BCUT2D eigenvalue weighted by atomic mass is 10.1. The monoisotopic (exact) mass is 386 g/mol. The average molecular weight is 387 g/mol. The molecule has 0 atom stereocenters. The van der Waals surface area contributed by atoms with Crippen molar-refractivity contribution in [2.75, 3.05) is 0 Å². The Balaban J connectivity index is 1.50. The highest BCUT2D eigenvalue weighted by Crippen LogP contribution is 2.18. The van der Waals surface area contributed by atoms with Gasteiger partial charge < -0.3 is 5.32 Å². The van der Waals surface area contributed by atoms with Gasteiger partial charge in [-0.15, -0.1) is 0 Å². The summed E-state index contributed by atoms with van der Waals surface area (Å²) >= 11 is 0. The van der Waals surface area contributed by atoms with Crippen LogP contribution in [0.3, 0.4) is 0 Å². The van der Waals surface area contributed by atoms with Crippen molar-refractivity contribution in [1.29, 1.82) is 0 Å². The number of benzene rings is 2. The van der Waals surface area contributed by atoms with Crippen molar-refractivity contribution < 1.29 is 13.2 Å². The van der Waals surface area contributed by atoms with Crippen LogP contribution in [0.1, 0.15) is 43.2 Å². The lowest BCUT2D eigenvalue weighted by Gasteiger charge is -2.12. The number of sulfonamides is 1. The first kappa shape index (κ1) is 19.6. The van der Waals surface area contributed by atoms with Crippen LogP contribution in [0.4, 0.5) is 0 Å². The molecule has 0 heterocycles. The maximum absolute atomic E-state index is 12.4. The smallest absolute Gasteiger partial charge is 0.240 e. The van der Waals surface area contributed by atoms with Gasteiger partial charge in [-0.3, -0.25) is 4.79 Å². The van der Waals surface area contributed by atoms with Gasteiger partial charge in [0.05, 0.1) is 4.90 Å². The number of rotatable bonds is 8. The van der Waals surface area contributed by atoms with Gasteiger partial charge in [-0.1, -0.05) is 55.3 Å². The van der Waals surface area contributed by atoms with E-state index < -0.39 is 10.0 Å². The van der Waals surface area contributed by atoms with Gasteiger partial charge in [-0.05, 0) is 42.5 Å². The minimum atomic E-state index is -3.55. The standard InChI is InChI=1S/C21H26N2O3S/c24-21(23-19-8-4-5-9-19)15-12-17-10-13-20(14-11-17)27(25,26)22-16-18-6-2-1-3-7-18/h1-3,6-7,10-11,13-14,19,22H,4-5,8-9,12,15-16H2,(H,23,24). The third-order valence-corrected chi connectivity index (χ3v) is 6.32. The molecular formula is C21H26N2O3S. The number of carbonyl (C=O) groups is 1. The molecular weight excluding hydrogens is 360 g/mol. The van der Waals surface area contributed by atoms with E-state index in [1.807, 2.05) is 30.3 Å². The van der Waals surface area contributed by atoms with E-state index in [1.54, 1.807) is 24.3 Å². The maximum atomic E-state index is 12.4. The second-order valence-electron chi connectivity index (χ2n) is 7.00. The lowest BCUT2D eigenvalue weighted by Crippen LogP contribution is -2.32. The number of amides is 1. The van der Waals surface area contributed by atoms with Gasteiger partial charge in [0.15, 0.2) is 0 Å². The molecule has 1 fully saturated rings. The molecule has 0 saturated heterocycles. The maximum Gasteiger partial charge on any atom is 0.240 e.